The van der Waals surface area contributed by atoms with Gasteiger partial charge in [-0.05, 0) is 124 Å². The van der Waals surface area contributed by atoms with Crippen molar-refractivity contribution in [1.29, 1.82) is 0 Å². The van der Waals surface area contributed by atoms with Crippen LogP contribution in [0.5, 0.6) is 0 Å². The summed E-state index contributed by atoms with van der Waals surface area (Å²) >= 11 is 6.80. The summed E-state index contributed by atoms with van der Waals surface area (Å²) in [6, 6.07) is 14.6. The van der Waals surface area contributed by atoms with Crippen LogP contribution in [0.3, 0.4) is 0 Å². The van der Waals surface area contributed by atoms with Gasteiger partial charge in [-0.2, -0.15) is 0 Å². The van der Waals surface area contributed by atoms with Crippen LogP contribution in [-0.2, 0) is 39.6 Å². The van der Waals surface area contributed by atoms with Crippen molar-refractivity contribution in [3.05, 3.63) is 86.5 Å². The SMILES string of the molecule is CCCCCCC1=C(c2cc(CCCC)cc(CCCC)c2)[N+](=[N-])C(c2cc(CCCC)cc(CCCC)c2)=C1CCCCCC.[Br][Pd][Br]. The normalized spacial score (nSPS) is 13.1. The van der Waals surface area contributed by atoms with E-state index in [0.717, 1.165) is 49.9 Å². The third-order valence-electron chi connectivity index (χ3n) is 9.85. The number of hydrogen-bond donors (Lipinski definition) is 0. The van der Waals surface area contributed by atoms with Crippen LogP contribution in [0.2, 0.25) is 0 Å². The molecule has 3 rings (SSSR count). The van der Waals surface area contributed by atoms with Gasteiger partial charge in [0.15, 0.2) is 0 Å². The first kappa shape index (κ1) is 44.3. The topological polar surface area (TPSA) is 25.3 Å². The van der Waals surface area contributed by atoms with Gasteiger partial charge >= 0.3 is 40.8 Å². The number of aryl methyl sites for hydroxylation is 4. The van der Waals surface area contributed by atoms with E-state index in [-0.39, 0.29) is 0 Å². The molecule has 5 heteroatoms. The average molecular weight is 891 g/mol. The van der Waals surface area contributed by atoms with Gasteiger partial charge in [0.25, 0.3) is 0 Å². The Bertz CT molecular complexity index is 1160. The molecule has 0 fully saturated rings. The first-order valence-corrected chi connectivity index (χ1v) is 27.1. The number of rotatable bonds is 24. The van der Waals surface area contributed by atoms with E-state index in [2.05, 4.69) is 105 Å². The number of unbranched alkanes of at least 4 members (excludes halogenated alkanes) is 10. The molecule has 1 aliphatic heterocycles. The van der Waals surface area contributed by atoms with Crippen LogP contribution in [0.25, 0.3) is 16.9 Å². The van der Waals surface area contributed by atoms with E-state index in [1.807, 2.05) is 0 Å². The third-order valence-corrected chi connectivity index (χ3v) is 9.85. The molecule has 0 saturated heterocycles. The molecule has 0 aromatic heterocycles. The molecule has 278 valence electrons. The van der Waals surface area contributed by atoms with Crippen LogP contribution in [0.15, 0.2) is 47.5 Å². The molecule has 49 heavy (non-hydrogen) atoms. The van der Waals surface area contributed by atoms with Crippen molar-refractivity contribution >= 4 is 38.3 Å². The Morgan fingerprint density at radius 1 is 0.429 bits per heavy atom. The Balaban J connectivity index is 0.00000267. The molecule has 0 atom stereocenters. The van der Waals surface area contributed by atoms with Crippen LogP contribution in [0, 0.1) is 0 Å². The summed E-state index contributed by atoms with van der Waals surface area (Å²) in [5.74, 6) is 0. The quantitative estimate of drug-likeness (QED) is 0.0570. The summed E-state index contributed by atoms with van der Waals surface area (Å²) in [6.45, 7) is 13.7. The molecule has 0 bridgehead atoms. The minimum absolute atomic E-state index is 0.575. The number of nitrogens with zero attached hydrogens (tertiary/aromatic N) is 2. The van der Waals surface area contributed by atoms with E-state index < -0.39 is 0 Å². The molecule has 0 radical (unpaired) electrons. The number of halogens is 2. The Hall–Kier alpha value is -0.858. The fourth-order valence-corrected chi connectivity index (χ4v) is 7.14. The zero-order valence-electron chi connectivity index (χ0n) is 32.0. The molecular weight excluding hydrogens is 823 g/mol. The second kappa shape index (κ2) is 26.8. The molecule has 2 nitrogen and oxygen atoms in total. The zero-order valence-corrected chi connectivity index (χ0v) is 36.7. The Morgan fingerprint density at radius 2 is 0.714 bits per heavy atom. The number of allylic oxidation sites excluding steroid dienone is 2. The van der Waals surface area contributed by atoms with Crippen molar-refractivity contribution in [3.8, 4) is 0 Å². The monoisotopic (exact) mass is 888 g/mol. The van der Waals surface area contributed by atoms with Gasteiger partial charge in [0.2, 0.25) is 11.4 Å². The van der Waals surface area contributed by atoms with Crippen molar-refractivity contribution in [2.75, 3.05) is 0 Å². The van der Waals surface area contributed by atoms with E-state index in [0.29, 0.717) is 13.9 Å². The summed E-state index contributed by atoms with van der Waals surface area (Å²) in [6.07, 6.45) is 26.1. The Labute approximate surface area is 323 Å². The van der Waals surface area contributed by atoms with E-state index in [4.69, 9.17) is 0 Å². The number of benzene rings is 2. The molecule has 2 aromatic carbocycles. The zero-order chi connectivity index (χ0) is 35.9. The molecule has 2 aromatic rings. The van der Waals surface area contributed by atoms with Crippen molar-refractivity contribution < 1.29 is 18.6 Å². The minimum atomic E-state index is 0.575. The van der Waals surface area contributed by atoms with Gasteiger partial charge in [0.1, 0.15) is 0 Å². The van der Waals surface area contributed by atoms with Crippen LogP contribution in [0.1, 0.15) is 190 Å². The standard InChI is InChI=1S/C44H68N2.2BrH.Pd/c1-7-13-19-21-27-41-42(28-22-20-14-8-2)44(40-33-37(25-17-11-5)30-38(34-40)26-18-12-6)46(45)43(41)39-31-35(23-15-9-3)29-36(32-39)24-16-10-4;;;/h29-34H,7-28H2,1-6H3;2*1H;/q;;;+2/p-2. The van der Waals surface area contributed by atoms with Gasteiger partial charge in [-0.15, -0.1) is 0 Å². The molecule has 0 saturated carbocycles. The summed E-state index contributed by atoms with van der Waals surface area (Å²) in [7, 11) is 0. The Kier molecular flexibility index (Phi) is 24.3. The molecule has 1 aliphatic rings. The summed E-state index contributed by atoms with van der Waals surface area (Å²) in [4.78, 5) is 0. The van der Waals surface area contributed by atoms with Crippen LogP contribution < -0.4 is 0 Å². The van der Waals surface area contributed by atoms with Crippen LogP contribution in [-0.4, -0.2) is 4.70 Å². The first-order chi connectivity index (χ1) is 23.9. The molecule has 0 amide bonds. The second-order valence-corrected chi connectivity index (χ2v) is 21.3. The predicted octanol–water partition coefficient (Wildman–Crippen LogP) is 15.9. The van der Waals surface area contributed by atoms with Gasteiger partial charge < -0.3 is 5.53 Å². The van der Waals surface area contributed by atoms with Crippen molar-refractivity contribution in [1.82, 2.24) is 0 Å². The molecule has 0 N–H and O–H groups in total. The summed E-state index contributed by atoms with van der Waals surface area (Å²) < 4.78 is 1.66. The van der Waals surface area contributed by atoms with Crippen molar-refractivity contribution in [3.63, 3.8) is 0 Å². The fraction of sp³-hybridized carbons (Fsp3) is 0.636. The molecule has 0 spiro atoms. The third kappa shape index (κ3) is 15.3. The van der Waals surface area contributed by atoms with E-state index in [1.165, 1.54) is 147 Å². The Morgan fingerprint density at radius 3 is 0.980 bits per heavy atom. The maximum atomic E-state index is 12.5. The van der Waals surface area contributed by atoms with Gasteiger partial charge in [0.05, 0.1) is 0 Å². The van der Waals surface area contributed by atoms with Crippen LogP contribution >= 0.6 is 26.9 Å². The van der Waals surface area contributed by atoms with Gasteiger partial charge in [-0.3, -0.25) is 0 Å². The maximum absolute atomic E-state index is 12.5. The van der Waals surface area contributed by atoms with E-state index in [9.17, 15) is 5.53 Å². The van der Waals surface area contributed by atoms with Gasteiger partial charge in [-0.1, -0.05) is 118 Å². The summed E-state index contributed by atoms with van der Waals surface area (Å²) in [5.41, 5.74) is 25.6. The molecule has 0 aliphatic carbocycles. The molecular formula is C44H68Br2N2Pd. The first-order valence-electron chi connectivity index (χ1n) is 20.0. The van der Waals surface area contributed by atoms with Gasteiger partial charge in [0, 0.05) is 22.3 Å². The second-order valence-electron chi connectivity index (χ2n) is 14.1. The predicted molar refractivity (Wildman–Crippen MR) is 220 cm³/mol. The molecule has 1 heterocycles. The van der Waals surface area contributed by atoms with Crippen LogP contribution in [0.4, 0.5) is 0 Å². The van der Waals surface area contributed by atoms with E-state index in [1.54, 1.807) is 4.70 Å². The number of hydrogen-bond acceptors (Lipinski definition) is 0. The molecule has 0 unspecified atom stereocenters. The fourth-order valence-electron chi connectivity index (χ4n) is 7.14. The average Bonchev–Trinajstić information content (AvgIpc) is 3.38. The van der Waals surface area contributed by atoms with Gasteiger partial charge in [-0.25, -0.2) is 4.70 Å². The van der Waals surface area contributed by atoms with Crippen molar-refractivity contribution in [2.45, 2.75) is 183 Å². The van der Waals surface area contributed by atoms with E-state index >= 15 is 0 Å². The van der Waals surface area contributed by atoms with Crippen molar-refractivity contribution in [2.24, 2.45) is 0 Å². The summed E-state index contributed by atoms with van der Waals surface area (Å²) in [5, 5.41) is 0.